The maximum absolute atomic E-state index is 12.6. The van der Waals surface area contributed by atoms with E-state index in [1.54, 1.807) is 42.9 Å². The molecule has 1 aliphatic heterocycles. The summed E-state index contributed by atoms with van der Waals surface area (Å²) in [5.41, 5.74) is 1.58. The van der Waals surface area contributed by atoms with E-state index in [-0.39, 0.29) is 5.25 Å². The van der Waals surface area contributed by atoms with Crippen LogP contribution in [0.1, 0.15) is 12.8 Å². The summed E-state index contributed by atoms with van der Waals surface area (Å²) in [6.07, 6.45) is 6.00. The second-order valence-electron chi connectivity index (χ2n) is 4.97. The van der Waals surface area contributed by atoms with Gasteiger partial charge >= 0.3 is 0 Å². The van der Waals surface area contributed by atoms with Crippen molar-refractivity contribution < 1.29 is 13.2 Å². The number of nitrogens with zero attached hydrogens (tertiary/aromatic N) is 2. The van der Waals surface area contributed by atoms with Gasteiger partial charge in [0, 0.05) is 31.2 Å². The van der Waals surface area contributed by atoms with Crippen LogP contribution in [0.2, 0.25) is 0 Å². The number of benzene rings is 1. The van der Waals surface area contributed by atoms with E-state index in [1.807, 2.05) is 0 Å². The number of rotatable bonds is 3. The van der Waals surface area contributed by atoms with E-state index in [0.717, 1.165) is 11.3 Å². The van der Waals surface area contributed by atoms with Crippen molar-refractivity contribution in [3.05, 3.63) is 42.9 Å². The SMILES string of the molecule is O=S(=O)(c1ccc(-c2cnccn2)cc1)C1CCOCC1. The fourth-order valence-electron chi connectivity index (χ4n) is 2.44. The molecule has 3 rings (SSSR count). The van der Waals surface area contributed by atoms with Crippen LogP contribution >= 0.6 is 0 Å². The lowest BCUT2D eigenvalue weighted by atomic mass is 10.2. The predicted octanol–water partition coefficient (Wildman–Crippen LogP) is 2.10. The number of hydrogen-bond donors (Lipinski definition) is 0. The molecule has 0 saturated carbocycles. The predicted molar refractivity (Wildman–Crippen MR) is 78.5 cm³/mol. The second-order valence-corrected chi connectivity index (χ2v) is 7.20. The third-order valence-corrected chi connectivity index (χ3v) is 5.93. The van der Waals surface area contributed by atoms with Crippen LogP contribution in [0.25, 0.3) is 11.3 Å². The third kappa shape index (κ3) is 2.96. The minimum atomic E-state index is -3.28. The summed E-state index contributed by atoms with van der Waals surface area (Å²) >= 11 is 0. The van der Waals surface area contributed by atoms with Gasteiger partial charge in [0.25, 0.3) is 0 Å². The Morgan fingerprint density at radius 1 is 1.05 bits per heavy atom. The van der Waals surface area contributed by atoms with Gasteiger partial charge in [-0.3, -0.25) is 9.97 Å². The largest absolute Gasteiger partial charge is 0.381 e. The molecule has 0 amide bonds. The lowest BCUT2D eigenvalue weighted by molar-refractivity contribution is 0.0983. The smallest absolute Gasteiger partial charge is 0.181 e. The number of sulfone groups is 1. The van der Waals surface area contributed by atoms with E-state index in [1.165, 1.54) is 0 Å². The van der Waals surface area contributed by atoms with Crippen molar-refractivity contribution in [1.82, 2.24) is 9.97 Å². The molecule has 2 heterocycles. The first-order chi connectivity index (χ1) is 10.2. The summed E-state index contributed by atoms with van der Waals surface area (Å²) in [6.45, 7) is 1.03. The van der Waals surface area contributed by atoms with Gasteiger partial charge in [-0.05, 0) is 25.0 Å². The van der Waals surface area contributed by atoms with E-state index in [0.29, 0.717) is 31.0 Å². The van der Waals surface area contributed by atoms with E-state index in [9.17, 15) is 8.42 Å². The lowest BCUT2D eigenvalue weighted by Gasteiger charge is -2.22. The van der Waals surface area contributed by atoms with Gasteiger partial charge in [0.15, 0.2) is 9.84 Å². The van der Waals surface area contributed by atoms with Crippen molar-refractivity contribution in [3.8, 4) is 11.3 Å². The lowest BCUT2D eigenvalue weighted by Crippen LogP contribution is -2.28. The van der Waals surface area contributed by atoms with Crippen LogP contribution < -0.4 is 0 Å². The van der Waals surface area contributed by atoms with Crippen LogP contribution in [-0.4, -0.2) is 36.8 Å². The average molecular weight is 304 g/mol. The summed E-state index contributed by atoms with van der Waals surface area (Å²) in [5.74, 6) is 0. The fourth-order valence-corrected chi connectivity index (χ4v) is 4.16. The van der Waals surface area contributed by atoms with Gasteiger partial charge in [-0.25, -0.2) is 8.42 Å². The maximum Gasteiger partial charge on any atom is 0.181 e. The minimum Gasteiger partial charge on any atom is -0.381 e. The van der Waals surface area contributed by atoms with Gasteiger partial charge in [-0.1, -0.05) is 12.1 Å². The van der Waals surface area contributed by atoms with Crippen molar-refractivity contribution in [2.75, 3.05) is 13.2 Å². The van der Waals surface area contributed by atoms with Gasteiger partial charge in [0.05, 0.1) is 22.0 Å². The van der Waals surface area contributed by atoms with Crippen molar-refractivity contribution in [2.24, 2.45) is 0 Å². The molecule has 1 aromatic heterocycles. The van der Waals surface area contributed by atoms with Gasteiger partial charge in [0.1, 0.15) is 0 Å². The molecule has 5 nitrogen and oxygen atoms in total. The minimum absolute atomic E-state index is 0.339. The second kappa shape index (κ2) is 5.91. The summed E-state index contributed by atoms with van der Waals surface area (Å²) in [6, 6.07) is 6.84. The number of aromatic nitrogens is 2. The highest BCUT2D eigenvalue weighted by molar-refractivity contribution is 7.92. The van der Waals surface area contributed by atoms with Crippen LogP contribution in [0.5, 0.6) is 0 Å². The molecule has 0 N–H and O–H groups in total. The molecule has 21 heavy (non-hydrogen) atoms. The number of ether oxygens (including phenoxy) is 1. The monoisotopic (exact) mass is 304 g/mol. The van der Waals surface area contributed by atoms with Crippen LogP contribution in [0.4, 0.5) is 0 Å². The normalized spacial score (nSPS) is 16.8. The van der Waals surface area contributed by atoms with Crippen LogP contribution in [-0.2, 0) is 14.6 Å². The van der Waals surface area contributed by atoms with Crippen molar-refractivity contribution in [3.63, 3.8) is 0 Å². The van der Waals surface area contributed by atoms with Crippen LogP contribution in [0, 0.1) is 0 Å². The first-order valence-corrected chi connectivity index (χ1v) is 8.40. The van der Waals surface area contributed by atoms with E-state index in [2.05, 4.69) is 9.97 Å². The Hall–Kier alpha value is -1.79. The molecule has 0 spiro atoms. The van der Waals surface area contributed by atoms with E-state index >= 15 is 0 Å². The maximum atomic E-state index is 12.6. The Morgan fingerprint density at radius 2 is 1.76 bits per heavy atom. The molecule has 0 bridgehead atoms. The zero-order valence-corrected chi connectivity index (χ0v) is 12.3. The first kappa shape index (κ1) is 14.2. The van der Waals surface area contributed by atoms with E-state index < -0.39 is 9.84 Å². The van der Waals surface area contributed by atoms with Crippen molar-refractivity contribution >= 4 is 9.84 Å². The number of hydrogen-bond acceptors (Lipinski definition) is 5. The summed E-state index contributed by atoms with van der Waals surface area (Å²) < 4.78 is 30.3. The van der Waals surface area contributed by atoms with E-state index in [4.69, 9.17) is 4.74 Å². The quantitative estimate of drug-likeness (QED) is 0.868. The molecule has 1 saturated heterocycles. The molecule has 0 aliphatic carbocycles. The van der Waals surface area contributed by atoms with Gasteiger partial charge in [-0.15, -0.1) is 0 Å². The highest BCUT2D eigenvalue weighted by Crippen LogP contribution is 2.25. The fraction of sp³-hybridized carbons (Fsp3) is 0.333. The molecular weight excluding hydrogens is 288 g/mol. The molecule has 1 fully saturated rings. The Kier molecular flexibility index (Phi) is 3.98. The zero-order valence-electron chi connectivity index (χ0n) is 11.5. The van der Waals surface area contributed by atoms with Crippen LogP contribution in [0.3, 0.4) is 0 Å². The zero-order chi connectivity index (χ0) is 14.7. The molecule has 0 radical (unpaired) electrons. The van der Waals surface area contributed by atoms with Gasteiger partial charge in [0.2, 0.25) is 0 Å². The van der Waals surface area contributed by atoms with Crippen LogP contribution in [0.15, 0.2) is 47.8 Å². The highest BCUT2D eigenvalue weighted by atomic mass is 32.2. The van der Waals surface area contributed by atoms with Gasteiger partial charge < -0.3 is 4.74 Å². The van der Waals surface area contributed by atoms with Gasteiger partial charge in [-0.2, -0.15) is 0 Å². The standard InChI is InChI=1S/C15H16N2O3S/c18-21(19,14-5-9-20-10-6-14)13-3-1-12(2-4-13)15-11-16-7-8-17-15/h1-4,7-8,11,14H,5-6,9-10H2. The molecule has 1 aliphatic rings. The Bertz CT molecular complexity index is 693. The molecule has 0 unspecified atom stereocenters. The Labute approximate surface area is 123 Å². The Balaban J connectivity index is 1.87. The summed E-state index contributed by atoms with van der Waals surface area (Å²) in [7, 11) is -3.28. The highest BCUT2D eigenvalue weighted by Gasteiger charge is 2.29. The molecule has 2 aromatic rings. The Morgan fingerprint density at radius 3 is 2.38 bits per heavy atom. The molecular formula is C15H16N2O3S. The summed E-state index contributed by atoms with van der Waals surface area (Å²) in [5, 5.41) is -0.339. The molecule has 6 heteroatoms. The third-order valence-electron chi connectivity index (χ3n) is 3.65. The van der Waals surface area contributed by atoms with Crippen molar-refractivity contribution in [2.45, 2.75) is 23.0 Å². The average Bonchev–Trinajstić information content (AvgIpc) is 2.57. The summed E-state index contributed by atoms with van der Waals surface area (Å²) in [4.78, 5) is 8.58. The van der Waals surface area contributed by atoms with Crippen molar-refractivity contribution in [1.29, 1.82) is 0 Å². The first-order valence-electron chi connectivity index (χ1n) is 6.86. The molecule has 0 atom stereocenters. The molecule has 1 aromatic carbocycles. The topological polar surface area (TPSA) is 69.2 Å². The molecule has 110 valence electrons.